The number of imidazole rings is 1. The summed E-state index contributed by atoms with van der Waals surface area (Å²) in [6, 6.07) is 18.1. The molecule has 124 valence electrons. The van der Waals surface area contributed by atoms with Crippen molar-refractivity contribution in [3.63, 3.8) is 0 Å². The van der Waals surface area contributed by atoms with Gasteiger partial charge in [-0.25, -0.2) is 15.0 Å². The van der Waals surface area contributed by atoms with Crippen molar-refractivity contribution < 1.29 is 4.74 Å². The summed E-state index contributed by atoms with van der Waals surface area (Å²) in [5.74, 6) is 0.841. The molecule has 2 heterocycles. The van der Waals surface area contributed by atoms with E-state index >= 15 is 0 Å². The number of nitrogens with zero attached hydrogens (tertiary/aromatic N) is 4. The van der Waals surface area contributed by atoms with Gasteiger partial charge in [-0.15, -0.1) is 0 Å². The van der Waals surface area contributed by atoms with Crippen LogP contribution in [-0.4, -0.2) is 19.5 Å². The topological polar surface area (TPSA) is 52.8 Å². The van der Waals surface area contributed by atoms with Gasteiger partial charge >= 0.3 is 0 Å². The molecule has 0 spiro atoms. The minimum absolute atomic E-state index is 0.369. The van der Waals surface area contributed by atoms with Crippen LogP contribution in [0.25, 0.3) is 11.2 Å². The fourth-order valence-electron chi connectivity index (χ4n) is 2.60. The number of hydrogen-bond donors (Lipinski definition) is 0. The van der Waals surface area contributed by atoms with Gasteiger partial charge in [-0.1, -0.05) is 54.1 Å². The Morgan fingerprint density at radius 2 is 1.68 bits per heavy atom. The number of fused-ring (bicyclic) bond motifs is 1. The molecule has 0 N–H and O–H groups in total. The molecule has 5 nitrogen and oxygen atoms in total. The fraction of sp³-hybridized carbons (Fsp3) is 0.105. The van der Waals surface area contributed by atoms with E-state index in [1.54, 1.807) is 6.33 Å². The number of hydrogen-bond acceptors (Lipinski definition) is 4. The third-order valence-electron chi connectivity index (χ3n) is 3.88. The first kappa shape index (κ1) is 15.6. The number of ether oxygens (including phenoxy) is 1. The lowest BCUT2D eigenvalue weighted by molar-refractivity contribution is 0.306. The van der Waals surface area contributed by atoms with E-state index in [-0.39, 0.29) is 0 Å². The predicted octanol–water partition coefficient (Wildman–Crippen LogP) is 4.11. The lowest BCUT2D eigenvalue weighted by Gasteiger charge is -2.08. The Labute approximate surface area is 149 Å². The highest BCUT2D eigenvalue weighted by Crippen LogP contribution is 2.19. The van der Waals surface area contributed by atoms with Crippen LogP contribution in [-0.2, 0) is 13.2 Å². The third-order valence-corrected chi connectivity index (χ3v) is 4.16. The molecule has 0 saturated carbocycles. The van der Waals surface area contributed by atoms with Gasteiger partial charge in [0, 0.05) is 0 Å². The zero-order valence-electron chi connectivity index (χ0n) is 13.3. The Kier molecular flexibility index (Phi) is 4.31. The average molecular weight is 351 g/mol. The Hall–Kier alpha value is -2.92. The number of rotatable bonds is 5. The van der Waals surface area contributed by atoms with Crippen LogP contribution in [0.5, 0.6) is 5.75 Å². The molecular weight excluding hydrogens is 336 g/mol. The largest absolute Gasteiger partial charge is 0.489 e. The molecule has 25 heavy (non-hydrogen) atoms. The first-order chi connectivity index (χ1) is 12.3. The van der Waals surface area contributed by atoms with E-state index in [9.17, 15) is 0 Å². The molecule has 0 radical (unpaired) electrons. The van der Waals surface area contributed by atoms with Crippen LogP contribution in [0.15, 0.2) is 67.3 Å². The summed E-state index contributed by atoms with van der Waals surface area (Å²) in [5.41, 5.74) is 3.62. The van der Waals surface area contributed by atoms with Gasteiger partial charge in [0.2, 0.25) is 0 Å². The summed E-state index contributed by atoms with van der Waals surface area (Å²) < 4.78 is 7.76. The average Bonchev–Trinajstić information content (AvgIpc) is 3.06. The van der Waals surface area contributed by atoms with Crippen molar-refractivity contribution in [3.05, 3.63) is 83.5 Å². The van der Waals surface area contributed by atoms with Gasteiger partial charge in [-0.3, -0.25) is 0 Å². The van der Waals surface area contributed by atoms with Gasteiger partial charge in [0.1, 0.15) is 24.2 Å². The second-order valence-electron chi connectivity index (χ2n) is 5.63. The minimum Gasteiger partial charge on any atom is -0.489 e. The van der Waals surface area contributed by atoms with Gasteiger partial charge < -0.3 is 9.30 Å². The normalized spacial score (nSPS) is 10.9. The number of aromatic nitrogens is 4. The summed E-state index contributed by atoms with van der Waals surface area (Å²) in [4.78, 5) is 12.5. The predicted molar refractivity (Wildman–Crippen MR) is 96.7 cm³/mol. The smallest absolute Gasteiger partial charge is 0.165 e. The van der Waals surface area contributed by atoms with Crippen molar-refractivity contribution in [2.45, 2.75) is 13.2 Å². The third kappa shape index (κ3) is 3.46. The number of benzene rings is 2. The quantitative estimate of drug-likeness (QED) is 0.508. The highest BCUT2D eigenvalue weighted by molar-refractivity contribution is 6.33. The summed E-state index contributed by atoms with van der Waals surface area (Å²) in [7, 11) is 0. The summed E-state index contributed by atoms with van der Waals surface area (Å²) in [6.07, 6.45) is 3.18. The summed E-state index contributed by atoms with van der Waals surface area (Å²) in [5, 5.41) is 0.369. The SMILES string of the molecule is Clc1ncnc2c1ncn2Cc1ccc(OCc2ccccc2)cc1. The molecule has 6 heteroatoms. The van der Waals surface area contributed by atoms with E-state index in [0.29, 0.717) is 23.8 Å². The molecule has 0 unspecified atom stereocenters. The molecule has 0 aliphatic carbocycles. The maximum atomic E-state index is 6.04. The van der Waals surface area contributed by atoms with Crippen LogP contribution < -0.4 is 4.74 Å². The molecule has 0 atom stereocenters. The van der Waals surface area contributed by atoms with E-state index in [2.05, 4.69) is 15.0 Å². The van der Waals surface area contributed by atoms with Gasteiger partial charge in [-0.2, -0.15) is 0 Å². The van der Waals surface area contributed by atoms with Crippen LogP contribution in [0, 0.1) is 0 Å². The molecule has 2 aromatic carbocycles. The Morgan fingerprint density at radius 1 is 0.880 bits per heavy atom. The Bertz CT molecular complexity index is 983. The highest BCUT2D eigenvalue weighted by atomic mass is 35.5. The van der Waals surface area contributed by atoms with Crippen LogP contribution in [0.1, 0.15) is 11.1 Å². The van der Waals surface area contributed by atoms with Gasteiger partial charge in [0.25, 0.3) is 0 Å². The van der Waals surface area contributed by atoms with Gasteiger partial charge in [0.15, 0.2) is 10.8 Å². The standard InChI is InChI=1S/C19H15ClN4O/c20-18-17-19(22-12-21-18)24(13-23-17)10-14-6-8-16(9-7-14)25-11-15-4-2-1-3-5-15/h1-9,12-13H,10-11H2. The van der Waals surface area contributed by atoms with Gasteiger partial charge in [0.05, 0.1) is 12.9 Å². The number of halogens is 1. The molecule has 0 aliphatic heterocycles. The van der Waals surface area contributed by atoms with Crippen molar-refractivity contribution in [1.29, 1.82) is 0 Å². The van der Waals surface area contributed by atoms with E-state index in [1.807, 2.05) is 59.2 Å². The fourth-order valence-corrected chi connectivity index (χ4v) is 2.77. The van der Waals surface area contributed by atoms with Crippen LogP contribution in [0.3, 0.4) is 0 Å². The molecule has 0 saturated heterocycles. The molecule has 0 bridgehead atoms. The van der Waals surface area contributed by atoms with E-state index in [1.165, 1.54) is 6.33 Å². The van der Waals surface area contributed by atoms with E-state index in [4.69, 9.17) is 16.3 Å². The van der Waals surface area contributed by atoms with Crippen molar-refractivity contribution in [2.75, 3.05) is 0 Å². The lowest BCUT2D eigenvalue weighted by atomic mass is 10.2. The maximum absolute atomic E-state index is 6.04. The second-order valence-corrected chi connectivity index (χ2v) is 5.99. The van der Waals surface area contributed by atoms with Crippen molar-refractivity contribution in [1.82, 2.24) is 19.5 Å². The maximum Gasteiger partial charge on any atom is 0.165 e. The first-order valence-corrected chi connectivity index (χ1v) is 8.24. The zero-order chi connectivity index (χ0) is 17.1. The van der Waals surface area contributed by atoms with Crippen LogP contribution in [0.4, 0.5) is 0 Å². The van der Waals surface area contributed by atoms with Crippen LogP contribution in [0.2, 0.25) is 5.15 Å². The molecule has 0 fully saturated rings. The van der Waals surface area contributed by atoms with Crippen molar-refractivity contribution >= 4 is 22.8 Å². The summed E-state index contributed by atoms with van der Waals surface area (Å²) in [6.45, 7) is 1.21. The minimum atomic E-state index is 0.369. The van der Waals surface area contributed by atoms with E-state index in [0.717, 1.165) is 22.5 Å². The van der Waals surface area contributed by atoms with Crippen LogP contribution >= 0.6 is 11.6 Å². The van der Waals surface area contributed by atoms with Crippen molar-refractivity contribution in [2.24, 2.45) is 0 Å². The van der Waals surface area contributed by atoms with E-state index < -0.39 is 0 Å². The second kappa shape index (κ2) is 6.91. The summed E-state index contributed by atoms with van der Waals surface area (Å²) >= 11 is 6.04. The molecular formula is C19H15ClN4O. The molecule has 2 aromatic heterocycles. The van der Waals surface area contributed by atoms with Gasteiger partial charge in [-0.05, 0) is 23.3 Å². The molecule has 4 rings (SSSR count). The molecule has 0 amide bonds. The molecule has 4 aromatic rings. The Morgan fingerprint density at radius 3 is 2.48 bits per heavy atom. The monoisotopic (exact) mass is 350 g/mol. The zero-order valence-corrected chi connectivity index (χ0v) is 14.1. The van der Waals surface area contributed by atoms with Crippen molar-refractivity contribution in [3.8, 4) is 5.75 Å². The Balaban J connectivity index is 1.46. The lowest BCUT2D eigenvalue weighted by Crippen LogP contribution is -2.00. The first-order valence-electron chi connectivity index (χ1n) is 7.86. The highest BCUT2D eigenvalue weighted by Gasteiger charge is 2.08. The molecule has 0 aliphatic rings.